The molecule has 3 heterocycles. The first kappa shape index (κ1) is 20.9. The molecule has 0 bridgehead atoms. The molecule has 0 unspecified atom stereocenters. The summed E-state index contributed by atoms with van der Waals surface area (Å²) in [7, 11) is 0. The van der Waals surface area contributed by atoms with Crippen LogP contribution in [0.25, 0.3) is 10.6 Å². The minimum absolute atomic E-state index is 0.115. The summed E-state index contributed by atoms with van der Waals surface area (Å²) >= 11 is 1.59. The van der Waals surface area contributed by atoms with Crippen molar-refractivity contribution >= 4 is 28.8 Å². The van der Waals surface area contributed by atoms with E-state index in [-0.39, 0.29) is 17.9 Å². The molecule has 166 valence electrons. The smallest absolute Gasteiger partial charge is 0.277 e. The van der Waals surface area contributed by atoms with Gasteiger partial charge in [-0.15, -0.1) is 11.3 Å². The van der Waals surface area contributed by atoms with E-state index in [4.69, 9.17) is 5.10 Å². The van der Waals surface area contributed by atoms with E-state index in [1.54, 1.807) is 20.9 Å². The van der Waals surface area contributed by atoms with Crippen LogP contribution in [0.1, 0.15) is 55.6 Å². The molecule has 0 spiro atoms. The summed E-state index contributed by atoms with van der Waals surface area (Å²) in [5, 5.41) is 9.93. The van der Waals surface area contributed by atoms with Gasteiger partial charge >= 0.3 is 0 Å². The zero-order valence-corrected chi connectivity index (χ0v) is 19.3. The summed E-state index contributed by atoms with van der Waals surface area (Å²) < 4.78 is 1.71. The lowest BCUT2D eigenvalue weighted by Gasteiger charge is -2.43. The van der Waals surface area contributed by atoms with Gasteiger partial charge in [0.15, 0.2) is 0 Å². The Morgan fingerprint density at radius 3 is 2.62 bits per heavy atom. The van der Waals surface area contributed by atoms with Gasteiger partial charge < -0.3 is 5.32 Å². The average Bonchev–Trinajstić information content (AvgIpc) is 3.55. The highest BCUT2D eigenvalue weighted by Gasteiger charge is 2.49. The Kier molecular flexibility index (Phi) is 5.37. The first-order valence-corrected chi connectivity index (χ1v) is 12.2. The zero-order valence-electron chi connectivity index (χ0n) is 18.5. The number of nitrogens with zero attached hydrogens (tertiary/aromatic N) is 3. The van der Waals surface area contributed by atoms with Crippen LogP contribution in [0.2, 0.25) is 0 Å². The second-order valence-electron chi connectivity index (χ2n) is 8.94. The van der Waals surface area contributed by atoms with Crippen molar-refractivity contribution in [1.29, 1.82) is 0 Å². The van der Waals surface area contributed by atoms with Crippen molar-refractivity contribution in [2.75, 3.05) is 4.90 Å². The normalized spacial score (nSPS) is 21.1. The van der Waals surface area contributed by atoms with Gasteiger partial charge in [0.05, 0.1) is 11.4 Å². The van der Waals surface area contributed by atoms with Gasteiger partial charge in [-0.2, -0.15) is 5.10 Å². The summed E-state index contributed by atoms with van der Waals surface area (Å²) in [6.07, 6.45) is 5.18. The number of aryl methyl sites for hydroxylation is 1. The highest BCUT2D eigenvalue weighted by Crippen LogP contribution is 2.35. The van der Waals surface area contributed by atoms with Gasteiger partial charge in [0.25, 0.3) is 5.91 Å². The highest BCUT2D eigenvalue weighted by molar-refractivity contribution is 7.13. The van der Waals surface area contributed by atoms with Crippen LogP contribution in [0.4, 0.5) is 5.69 Å². The first-order valence-electron chi connectivity index (χ1n) is 11.4. The number of carbonyl (C=O) groups excluding carboxylic acids is 2. The van der Waals surface area contributed by atoms with E-state index in [0.29, 0.717) is 12.2 Å². The maximum Gasteiger partial charge on any atom is 0.277 e. The van der Waals surface area contributed by atoms with Crippen LogP contribution in [0.5, 0.6) is 0 Å². The summed E-state index contributed by atoms with van der Waals surface area (Å²) in [5.74, 6) is -0.309. The summed E-state index contributed by atoms with van der Waals surface area (Å²) in [6, 6.07) is 13.9. The zero-order chi connectivity index (χ0) is 22.3. The summed E-state index contributed by atoms with van der Waals surface area (Å²) in [4.78, 5) is 30.1. The minimum Gasteiger partial charge on any atom is -0.351 e. The number of nitrogens with one attached hydrogen (secondary N) is 1. The van der Waals surface area contributed by atoms with Crippen LogP contribution in [0.3, 0.4) is 0 Å². The van der Waals surface area contributed by atoms with Gasteiger partial charge in [-0.25, -0.2) is 0 Å². The lowest BCUT2D eigenvalue weighted by Crippen LogP contribution is -2.65. The SMILES string of the molecule is CCc1ccc(N2C(=O)c3cc(-c4cccs4)nn3C[C@@]2(C)C(=O)NC2CCCC2)cc1. The molecule has 1 aliphatic carbocycles. The molecule has 32 heavy (non-hydrogen) atoms. The van der Waals surface area contributed by atoms with Crippen molar-refractivity contribution < 1.29 is 9.59 Å². The third-order valence-corrected chi connectivity index (χ3v) is 7.60. The number of hydrogen-bond acceptors (Lipinski definition) is 4. The molecule has 3 aromatic rings. The fraction of sp³-hybridized carbons (Fsp3) is 0.400. The number of fused-ring (bicyclic) bond motifs is 1. The summed E-state index contributed by atoms with van der Waals surface area (Å²) in [5.41, 5.74) is 2.14. The molecular formula is C25H28N4O2S. The number of carbonyl (C=O) groups is 2. The van der Waals surface area contributed by atoms with E-state index in [2.05, 4.69) is 12.2 Å². The molecule has 2 aliphatic rings. The van der Waals surface area contributed by atoms with Gasteiger partial charge in [0, 0.05) is 11.7 Å². The predicted molar refractivity (Wildman–Crippen MR) is 127 cm³/mol. The number of rotatable bonds is 5. The van der Waals surface area contributed by atoms with Gasteiger partial charge in [-0.3, -0.25) is 19.2 Å². The number of aromatic nitrogens is 2. The Morgan fingerprint density at radius 2 is 1.97 bits per heavy atom. The predicted octanol–water partition coefficient (Wildman–Crippen LogP) is 4.65. The fourth-order valence-corrected chi connectivity index (χ4v) is 5.50. The van der Waals surface area contributed by atoms with Gasteiger partial charge in [0.2, 0.25) is 5.91 Å². The van der Waals surface area contributed by atoms with Crippen molar-refractivity contribution in [1.82, 2.24) is 15.1 Å². The largest absolute Gasteiger partial charge is 0.351 e. The number of amides is 2. The molecule has 5 rings (SSSR count). The van der Waals surface area contributed by atoms with Crippen molar-refractivity contribution in [2.24, 2.45) is 0 Å². The lowest BCUT2D eigenvalue weighted by molar-refractivity contribution is -0.127. The van der Waals surface area contributed by atoms with E-state index in [1.807, 2.05) is 54.8 Å². The number of thiophene rings is 1. The van der Waals surface area contributed by atoms with Crippen molar-refractivity contribution in [2.45, 2.75) is 64.1 Å². The standard InChI is InChI=1S/C25H28N4O2S/c1-3-17-10-12-19(13-11-17)29-23(30)21-15-20(22-9-6-14-32-22)27-28(21)16-25(29,2)24(31)26-18-7-4-5-8-18/h6,9-15,18H,3-5,7-8,16H2,1-2H3,(H,26,31)/t25-/m0/s1. The van der Waals surface area contributed by atoms with Crippen LogP contribution in [-0.4, -0.2) is 33.2 Å². The van der Waals surface area contributed by atoms with Crippen LogP contribution < -0.4 is 10.2 Å². The summed E-state index contributed by atoms with van der Waals surface area (Å²) in [6.45, 7) is 4.27. The second kappa shape index (κ2) is 8.20. The van der Waals surface area contributed by atoms with Gasteiger partial charge in [-0.1, -0.05) is 38.0 Å². The Bertz CT molecular complexity index is 1130. The fourth-order valence-electron chi connectivity index (χ4n) is 4.82. The molecule has 0 saturated heterocycles. The van der Waals surface area contributed by atoms with E-state index < -0.39 is 5.54 Å². The molecule has 1 N–H and O–H groups in total. The maximum absolute atomic E-state index is 13.8. The quantitative estimate of drug-likeness (QED) is 0.618. The molecular weight excluding hydrogens is 420 g/mol. The second-order valence-corrected chi connectivity index (χ2v) is 9.89. The van der Waals surface area contributed by atoms with Gasteiger partial charge in [0.1, 0.15) is 16.9 Å². The topological polar surface area (TPSA) is 67.2 Å². The Morgan fingerprint density at radius 1 is 1.22 bits per heavy atom. The minimum atomic E-state index is -1.07. The molecule has 1 fully saturated rings. The van der Waals surface area contributed by atoms with Crippen LogP contribution in [0.15, 0.2) is 47.8 Å². The Balaban J connectivity index is 1.57. The third kappa shape index (κ3) is 3.54. The van der Waals surface area contributed by atoms with E-state index >= 15 is 0 Å². The number of benzene rings is 1. The molecule has 1 saturated carbocycles. The van der Waals surface area contributed by atoms with E-state index in [1.165, 1.54) is 5.56 Å². The molecule has 6 nitrogen and oxygen atoms in total. The average molecular weight is 449 g/mol. The van der Waals surface area contributed by atoms with Crippen LogP contribution in [-0.2, 0) is 17.8 Å². The van der Waals surface area contributed by atoms with Crippen molar-refractivity contribution in [3.05, 3.63) is 59.1 Å². The molecule has 1 atom stereocenters. The molecule has 1 aliphatic heterocycles. The lowest BCUT2D eigenvalue weighted by atomic mass is 9.93. The number of anilines is 1. The number of hydrogen-bond donors (Lipinski definition) is 1. The van der Waals surface area contributed by atoms with Gasteiger partial charge in [-0.05, 0) is 61.4 Å². The molecule has 2 amide bonds. The molecule has 7 heteroatoms. The molecule has 0 radical (unpaired) electrons. The van der Waals surface area contributed by atoms with Crippen molar-refractivity contribution in [3.8, 4) is 10.6 Å². The highest BCUT2D eigenvalue weighted by atomic mass is 32.1. The van der Waals surface area contributed by atoms with E-state index in [0.717, 1.165) is 48.4 Å². The van der Waals surface area contributed by atoms with Crippen molar-refractivity contribution in [3.63, 3.8) is 0 Å². The third-order valence-electron chi connectivity index (χ3n) is 6.71. The molecule has 2 aromatic heterocycles. The first-order chi connectivity index (χ1) is 15.5. The maximum atomic E-state index is 13.8. The van der Waals surface area contributed by atoms with Crippen LogP contribution in [0, 0.1) is 0 Å². The Labute approximate surface area is 192 Å². The van der Waals surface area contributed by atoms with Crippen LogP contribution >= 0.6 is 11.3 Å². The monoisotopic (exact) mass is 448 g/mol. The Hall–Kier alpha value is -2.93. The van der Waals surface area contributed by atoms with E-state index in [9.17, 15) is 9.59 Å². The molecule has 1 aromatic carbocycles.